The van der Waals surface area contributed by atoms with Crippen molar-refractivity contribution in [1.82, 2.24) is 0 Å². The zero-order valence-electron chi connectivity index (χ0n) is 3.49. The number of allylic oxidation sites excluding steroid dienone is 1. The molecule has 0 N–H and O–H groups in total. The molecule has 0 aromatic rings. The minimum Gasteiger partial charge on any atom is -1.00 e. The molecule has 7 heavy (non-hydrogen) atoms. The molecular weight excluding hydrogens is 169 g/mol. The van der Waals surface area contributed by atoms with Gasteiger partial charge in [0.25, 0.3) is 0 Å². The number of halogens is 2. The van der Waals surface area contributed by atoms with Crippen LogP contribution in [0.15, 0.2) is 6.58 Å². The van der Waals surface area contributed by atoms with Crippen LogP contribution in [0.25, 0.3) is 5.41 Å². The van der Waals surface area contributed by atoms with E-state index in [1.165, 1.54) is 0 Å². The Labute approximate surface area is 70.8 Å². The fourth-order valence-electron chi connectivity index (χ4n) is 0. The van der Waals surface area contributed by atoms with Crippen LogP contribution >= 0.6 is 0 Å². The van der Waals surface area contributed by atoms with E-state index in [0.717, 1.165) is 6.21 Å². The third kappa shape index (κ3) is 54.0. The van der Waals surface area contributed by atoms with Gasteiger partial charge in [-0.15, -0.1) is 0 Å². The predicted molar refractivity (Wildman–Crippen MR) is 18.3 cm³/mol. The second kappa shape index (κ2) is 30.5. The maximum absolute atomic E-state index is 7.58. The van der Waals surface area contributed by atoms with Gasteiger partial charge in [-0.3, -0.25) is 0 Å². The largest absolute Gasteiger partial charge is 2.00 e. The maximum Gasteiger partial charge on any atom is 2.00 e. The Balaban J connectivity index is -0.0000000150. The normalized spacial score (nSPS) is 2.29. The first-order valence-corrected chi connectivity index (χ1v) is 0.900. The van der Waals surface area contributed by atoms with E-state index in [0.29, 0.717) is 0 Å². The van der Waals surface area contributed by atoms with E-state index in [2.05, 4.69) is 12.7 Å². The van der Waals surface area contributed by atoms with Gasteiger partial charge in [0.05, 0.1) is 6.21 Å². The Kier molecular flexibility index (Phi) is 111. The van der Waals surface area contributed by atoms with Gasteiger partial charge in [0, 0.05) is 0 Å². The van der Waals surface area contributed by atoms with Crippen molar-refractivity contribution in [3.8, 4) is 0 Å². The summed E-state index contributed by atoms with van der Waals surface area (Å²) in [6.45, 7) is 3.05. The minimum absolute atomic E-state index is 0. The van der Waals surface area contributed by atoms with Crippen molar-refractivity contribution < 1.29 is 46.5 Å². The third-order valence-corrected chi connectivity index (χ3v) is 0.0913. The minimum atomic E-state index is 0. The summed E-state index contributed by atoms with van der Waals surface area (Å²) in [6.07, 6.45) is 2.88. The molecular formula is C3H3Cl2NTi. The molecule has 0 aromatic heterocycles. The summed E-state index contributed by atoms with van der Waals surface area (Å²) in [4.78, 5) is 0. The first-order chi connectivity index (χ1) is 1.91. The third-order valence-electron chi connectivity index (χ3n) is 0.0913. The molecule has 0 heterocycles. The van der Waals surface area contributed by atoms with Crippen LogP contribution in [-0.2, 0) is 21.7 Å². The number of nitrogens with zero attached hydrogens (tertiary/aromatic N) is 1. The molecule has 0 rings (SSSR count). The van der Waals surface area contributed by atoms with Gasteiger partial charge in [0.15, 0.2) is 0 Å². The maximum atomic E-state index is 7.58. The summed E-state index contributed by atoms with van der Waals surface area (Å²) in [5.41, 5.74) is 0. The van der Waals surface area contributed by atoms with Crippen LogP contribution in [-0.4, -0.2) is 6.21 Å². The molecule has 0 unspecified atom stereocenters. The molecule has 0 aliphatic carbocycles. The van der Waals surface area contributed by atoms with Gasteiger partial charge in [-0.25, -0.2) is 0 Å². The average molecular weight is 172 g/mol. The second-order valence-corrected chi connectivity index (χ2v) is 0.333. The molecule has 4 heteroatoms. The van der Waals surface area contributed by atoms with E-state index in [4.69, 9.17) is 5.41 Å². The van der Waals surface area contributed by atoms with Gasteiger partial charge in [0.2, 0.25) is 6.08 Å². The zero-order valence-corrected chi connectivity index (χ0v) is 6.56. The molecule has 0 radical (unpaired) electrons. The molecule has 1 nitrogen and oxygen atoms in total. The molecule has 0 saturated heterocycles. The summed E-state index contributed by atoms with van der Waals surface area (Å²) < 4.78 is 0. The fraction of sp³-hybridized carbons (Fsp3) is 0. The molecule has 0 saturated carbocycles. The van der Waals surface area contributed by atoms with Crippen LogP contribution in [0.4, 0.5) is 0 Å². The van der Waals surface area contributed by atoms with Gasteiger partial charge in [-0.2, -0.15) is 0 Å². The first-order valence-electron chi connectivity index (χ1n) is 0.900. The first kappa shape index (κ1) is 25.5. The summed E-state index contributed by atoms with van der Waals surface area (Å²) in [7, 11) is 0. The topological polar surface area (TPSA) is 22.3 Å². The van der Waals surface area contributed by atoms with Crippen LogP contribution < -0.4 is 24.8 Å². The van der Waals surface area contributed by atoms with E-state index in [1.54, 1.807) is 0 Å². The van der Waals surface area contributed by atoms with Crippen molar-refractivity contribution in [2.24, 2.45) is 0 Å². The van der Waals surface area contributed by atoms with E-state index < -0.39 is 0 Å². The number of hydrogen-bond acceptors (Lipinski definition) is 0. The SMILES string of the molecule is C=[C+]C=[N-].[Cl-].[Cl-].[Ti+2]. The molecule has 0 fully saturated rings. The van der Waals surface area contributed by atoms with Gasteiger partial charge < -0.3 is 30.2 Å². The zero-order chi connectivity index (χ0) is 3.41. The van der Waals surface area contributed by atoms with Crippen molar-refractivity contribution in [1.29, 1.82) is 0 Å². The van der Waals surface area contributed by atoms with E-state index in [-0.39, 0.29) is 46.5 Å². The Morgan fingerprint density at radius 1 is 1.43 bits per heavy atom. The monoisotopic (exact) mass is 171 g/mol. The Morgan fingerprint density at radius 2 is 1.57 bits per heavy atom. The molecule has 0 aromatic carbocycles. The standard InChI is InChI=1S/C3H3N.2ClH.Ti/c1-2-3-4;;;/h3H,1H2;2*1H;/q;;;+2/p-2. The van der Waals surface area contributed by atoms with Crippen LogP contribution in [0.2, 0.25) is 0 Å². The van der Waals surface area contributed by atoms with Crippen molar-refractivity contribution >= 4 is 6.21 Å². The van der Waals surface area contributed by atoms with Crippen molar-refractivity contribution in [2.45, 2.75) is 0 Å². The van der Waals surface area contributed by atoms with Crippen molar-refractivity contribution in [3.05, 3.63) is 18.1 Å². The van der Waals surface area contributed by atoms with Gasteiger partial charge in [-0.05, 0) is 0 Å². The summed E-state index contributed by atoms with van der Waals surface area (Å²) >= 11 is 0. The number of hydrogen-bond donors (Lipinski definition) is 0. The summed E-state index contributed by atoms with van der Waals surface area (Å²) in [6, 6.07) is 0. The second-order valence-electron chi connectivity index (χ2n) is 0.333. The molecule has 0 amide bonds. The Bertz CT molecular complexity index is 33.9. The molecule has 0 bridgehead atoms. The summed E-state index contributed by atoms with van der Waals surface area (Å²) in [5, 5.41) is 7.58. The number of rotatable bonds is 1. The van der Waals surface area contributed by atoms with E-state index in [1.807, 2.05) is 0 Å². The van der Waals surface area contributed by atoms with Crippen LogP contribution in [0.1, 0.15) is 0 Å². The quantitative estimate of drug-likeness (QED) is 0.214. The van der Waals surface area contributed by atoms with Crippen molar-refractivity contribution in [3.63, 3.8) is 0 Å². The van der Waals surface area contributed by atoms with E-state index in [9.17, 15) is 0 Å². The van der Waals surface area contributed by atoms with Gasteiger partial charge >= 0.3 is 21.7 Å². The predicted octanol–water partition coefficient (Wildman–Crippen LogP) is -5.38. The Morgan fingerprint density at radius 3 is 1.57 bits per heavy atom. The van der Waals surface area contributed by atoms with Crippen LogP contribution in [0.5, 0.6) is 0 Å². The van der Waals surface area contributed by atoms with Crippen LogP contribution in [0, 0.1) is 6.08 Å². The van der Waals surface area contributed by atoms with Crippen molar-refractivity contribution in [2.75, 3.05) is 0 Å². The fourth-order valence-corrected chi connectivity index (χ4v) is 0. The average Bonchev–Trinajstić information content (AvgIpc) is 1.37. The summed E-state index contributed by atoms with van der Waals surface area (Å²) in [5.74, 6) is 0. The smallest absolute Gasteiger partial charge is 1.00 e. The molecule has 0 atom stereocenters. The molecule has 0 aliphatic rings. The van der Waals surface area contributed by atoms with Gasteiger partial charge in [-0.1, -0.05) is 0 Å². The molecule has 38 valence electrons. The van der Waals surface area contributed by atoms with Gasteiger partial charge in [0.1, 0.15) is 6.58 Å². The molecule has 0 aliphatic heterocycles. The van der Waals surface area contributed by atoms with E-state index >= 15 is 0 Å². The molecule has 0 spiro atoms. The Hall–Kier alpha value is 0.614. The van der Waals surface area contributed by atoms with Crippen LogP contribution in [0.3, 0.4) is 0 Å².